The van der Waals surface area contributed by atoms with Crippen molar-refractivity contribution >= 4 is 33.9 Å². The Morgan fingerprint density at radius 3 is 2.89 bits per heavy atom. The molecule has 0 spiro atoms. The smallest absolute Gasteiger partial charge is 0.269 e. The van der Waals surface area contributed by atoms with Gasteiger partial charge in [0.2, 0.25) is 5.13 Å². The highest BCUT2D eigenvalue weighted by atomic mass is 32.2. The maximum absolute atomic E-state index is 10.7. The van der Waals surface area contributed by atoms with Gasteiger partial charge in [0.1, 0.15) is 0 Å². The zero-order valence-electron chi connectivity index (χ0n) is 10.4. The number of nitrogens with one attached hydrogen (secondary N) is 1. The van der Waals surface area contributed by atoms with Gasteiger partial charge < -0.3 is 5.32 Å². The van der Waals surface area contributed by atoms with E-state index in [0.717, 1.165) is 15.0 Å². The average Bonchev–Trinajstić information content (AvgIpc) is 2.86. The molecule has 0 aliphatic rings. The van der Waals surface area contributed by atoms with E-state index in [9.17, 15) is 10.1 Å². The Hall–Kier alpha value is -1.67. The zero-order chi connectivity index (χ0) is 13.8. The second-order valence-corrected chi connectivity index (χ2v) is 6.30. The number of nitro benzene ring substituents is 1. The summed E-state index contributed by atoms with van der Waals surface area (Å²) in [7, 11) is 1.79. The third-order valence-corrected chi connectivity index (χ3v) is 4.63. The van der Waals surface area contributed by atoms with Gasteiger partial charge in [-0.3, -0.25) is 10.1 Å². The van der Waals surface area contributed by atoms with Crippen molar-refractivity contribution in [1.29, 1.82) is 0 Å². The lowest BCUT2D eigenvalue weighted by Gasteiger charge is -2.08. The summed E-state index contributed by atoms with van der Waals surface area (Å²) in [5.74, 6) is 0. The summed E-state index contributed by atoms with van der Waals surface area (Å²) in [5, 5.41) is 22.5. The average molecular weight is 296 g/mol. The molecule has 0 saturated heterocycles. The van der Waals surface area contributed by atoms with Crippen LogP contribution in [0, 0.1) is 10.1 Å². The SMILES string of the molecule is CNc1nnc(S[C@@H](C)c2cccc([N+](=O)[O-])c2)s1. The topological polar surface area (TPSA) is 81.0 Å². The fraction of sp³-hybridized carbons (Fsp3) is 0.273. The van der Waals surface area contributed by atoms with Gasteiger partial charge in [-0.1, -0.05) is 35.2 Å². The summed E-state index contributed by atoms with van der Waals surface area (Å²) >= 11 is 3.00. The van der Waals surface area contributed by atoms with Crippen molar-refractivity contribution in [3.8, 4) is 0 Å². The third kappa shape index (κ3) is 3.42. The molecule has 0 radical (unpaired) electrons. The Morgan fingerprint density at radius 1 is 1.47 bits per heavy atom. The third-order valence-electron chi connectivity index (χ3n) is 2.45. The first-order chi connectivity index (χ1) is 9.10. The maximum atomic E-state index is 10.7. The largest absolute Gasteiger partial charge is 0.363 e. The van der Waals surface area contributed by atoms with E-state index in [1.165, 1.54) is 29.2 Å². The van der Waals surface area contributed by atoms with Crippen LogP contribution in [0.5, 0.6) is 0 Å². The molecule has 0 saturated carbocycles. The molecule has 1 aromatic heterocycles. The van der Waals surface area contributed by atoms with Crippen molar-refractivity contribution in [2.75, 3.05) is 12.4 Å². The van der Waals surface area contributed by atoms with Crippen LogP contribution in [-0.4, -0.2) is 22.2 Å². The number of thioether (sulfide) groups is 1. The number of aromatic nitrogens is 2. The summed E-state index contributed by atoms with van der Waals surface area (Å²) < 4.78 is 0.836. The second-order valence-electron chi connectivity index (χ2n) is 3.74. The molecule has 0 aliphatic heterocycles. The fourth-order valence-electron chi connectivity index (χ4n) is 1.47. The lowest BCUT2D eigenvalue weighted by atomic mass is 10.1. The molecule has 0 fully saturated rings. The molecule has 2 rings (SSSR count). The van der Waals surface area contributed by atoms with Gasteiger partial charge in [-0.25, -0.2) is 0 Å². The molecular weight excluding hydrogens is 284 g/mol. The van der Waals surface area contributed by atoms with Crippen LogP contribution in [0.4, 0.5) is 10.8 Å². The second kappa shape index (κ2) is 5.98. The molecule has 1 heterocycles. The van der Waals surface area contributed by atoms with Crippen LogP contribution in [0.3, 0.4) is 0 Å². The minimum atomic E-state index is -0.384. The van der Waals surface area contributed by atoms with Crippen LogP contribution >= 0.6 is 23.1 Å². The van der Waals surface area contributed by atoms with Crippen LogP contribution < -0.4 is 5.32 Å². The van der Waals surface area contributed by atoms with E-state index in [4.69, 9.17) is 0 Å². The van der Waals surface area contributed by atoms with E-state index in [1.807, 2.05) is 13.0 Å². The monoisotopic (exact) mass is 296 g/mol. The molecule has 1 N–H and O–H groups in total. The molecule has 0 unspecified atom stereocenters. The highest BCUT2D eigenvalue weighted by Gasteiger charge is 2.14. The summed E-state index contributed by atoms with van der Waals surface area (Å²) in [6, 6.07) is 6.66. The maximum Gasteiger partial charge on any atom is 0.269 e. The Balaban J connectivity index is 2.12. The van der Waals surface area contributed by atoms with Crippen molar-refractivity contribution in [3.05, 3.63) is 39.9 Å². The Morgan fingerprint density at radius 2 is 2.26 bits per heavy atom. The van der Waals surface area contributed by atoms with Crippen molar-refractivity contribution in [2.45, 2.75) is 16.5 Å². The molecule has 100 valence electrons. The van der Waals surface area contributed by atoms with E-state index >= 15 is 0 Å². The van der Waals surface area contributed by atoms with E-state index in [2.05, 4.69) is 15.5 Å². The standard InChI is InChI=1S/C11H12N4O2S2/c1-7(18-11-14-13-10(12-2)19-11)8-4-3-5-9(6-8)15(16)17/h3-7H,1-2H3,(H,12,13)/t7-/m0/s1. The highest BCUT2D eigenvalue weighted by molar-refractivity contribution is 8.01. The van der Waals surface area contributed by atoms with Crippen LogP contribution in [0.1, 0.15) is 17.7 Å². The number of benzene rings is 1. The molecule has 8 heteroatoms. The molecule has 0 aliphatic carbocycles. The number of anilines is 1. The van der Waals surface area contributed by atoms with Crippen LogP contribution in [-0.2, 0) is 0 Å². The molecule has 0 amide bonds. The van der Waals surface area contributed by atoms with Gasteiger partial charge in [0.05, 0.1) is 4.92 Å². The summed E-state index contributed by atoms with van der Waals surface area (Å²) in [6.45, 7) is 1.99. The van der Waals surface area contributed by atoms with Gasteiger partial charge in [-0.15, -0.1) is 10.2 Å². The lowest BCUT2D eigenvalue weighted by Crippen LogP contribution is -1.92. The van der Waals surface area contributed by atoms with Gasteiger partial charge in [-0.2, -0.15) is 0 Å². The number of nitro groups is 1. The van der Waals surface area contributed by atoms with Crippen molar-refractivity contribution in [1.82, 2.24) is 10.2 Å². The van der Waals surface area contributed by atoms with E-state index in [0.29, 0.717) is 0 Å². The first kappa shape index (κ1) is 13.8. The molecule has 6 nitrogen and oxygen atoms in total. The predicted octanol–water partition coefficient (Wildman–Crippen LogP) is 3.34. The number of hydrogen-bond acceptors (Lipinski definition) is 7. The predicted molar refractivity (Wildman–Crippen MR) is 76.8 cm³/mol. The van der Waals surface area contributed by atoms with Crippen molar-refractivity contribution in [2.24, 2.45) is 0 Å². The zero-order valence-corrected chi connectivity index (χ0v) is 12.0. The van der Waals surface area contributed by atoms with Gasteiger partial charge in [0, 0.05) is 24.4 Å². The molecule has 2 aromatic rings. The molecule has 19 heavy (non-hydrogen) atoms. The van der Waals surface area contributed by atoms with Gasteiger partial charge in [0.25, 0.3) is 5.69 Å². The Labute approximate surface area is 118 Å². The van der Waals surface area contributed by atoms with Crippen molar-refractivity contribution < 1.29 is 4.92 Å². The number of rotatable bonds is 5. The van der Waals surface area contributed by atoms with Gasteiger partial charge in [-0.05, 0) is 12.5 Å². The first-order valence-corrected chi connectivity index (χ1v) is 7.22. The molecule has 1 atom stereocenters. The number of nitrogens with zero attached hydrogens (tertiary/aromatic N) is 3. The number of non-ortho nitro benzene ring substituents is 1. The first-order valence-electron chi connectivity index (χ1n) is 5.52. The summed E-state index contributed by atoms with van der Waals surface area (Å²) in [6.07, 6.45) is 0. The van der Waals surface area contributed by atoms with E-state index in [1.54, 1.807) is 19.2 Å². The van der Waals surface area contributed by atoms with Crippen LogP contribution in [0.25, 0.3) is 0 Å². The van der Waals surface area contributed by atoms with Crippen LogP contribution in [0.2, 0.25) is 0 Å². The van der Waals surface area contributed by atoms with E-state index < -0.39 is 0 Å². The summed E-state index contributed by atoms with van der Waals surface area (Å²) in [4.78, 5) is 10.4. The van der Waals surface area contributed by atoms with E-state index in [-0.39, 0.29) is 15.9 Å². The molecule has 0 bridgehead atoms. The minimum absolute atomic E-state index is 0.0811. The Bertz CT molecular complexity index is 588. The van der Waals surface area contributed by atoms with Crippen LogP contribution in [0.15, 0.2) is 28.6 Å². The quantitative estimate of drug-likeness (QED) is 0.518. The Kier molecular flexibility index (Phi) is 4.33. The summed E-state index contributed by atoms with van der Waals surface area (Å²) in [5.41, 5.74) is 1.01. The molecule has 1 aromatic carbocycles. The fourth-order valence-corrected chi connectivity index (χ4v) is 3.44. The molecular formula is C11H12N4O2S2. The normalized spacial score (nSPS) is 12.1. The van der Waals surface area contributed by atoms with Gasteiger partial charge >= 0.3 is 0 Å². The minimum Gasteiger partial charge on any atom is -0.363 e. The van der Waals surface area contributed by atoms with Gasteiger partial charge in [0.15, 0.2) is 4.34 Å². The lowest BCUT2D eigenvalue weighted by molar-refractivity contribution is -0.384. The van der Waals surface area contributed by atoms with Crippen molar-refractivity contribution in [3.63, 3.8) is 0 Å². The highest BCUT2D eigenvalue weighted by Crippen LogP contribution is 2.37. The number of hydrogen-bond donors (Lipinski definition) is 1.